The molecular weight excluding hydrogens is 382 g/mol. The highest BCUT2D eigenvalue weighted by Gasteiger charge is 2.20. The molecule has 1 N–H and O–H groups in total. The van der Waals surface area contributed by atoms with Crippen molar-refractivity contribution in [3.8, 4) is 5.75 Å². The second-order valence-corrected chi connectivity index (χ2v) is 7.96. The number of ketones is 1. The molecule has 160 valence electrons. The average Bonchev–Trinajstić information content (AvgIpc) is 2.71. The van der Waals surface area contributed by atoms with Crippen molar-refractivity contribution in [2.75, 3.05) is 13.2 Å². The fraction of sp³-hybridized carbons (Fsp3) is 0.375. The maximum absolute atomic E-state index is 12.4. The van der Waals surface area contributed by atoms with Crippen LogP contribution in [0.2, 0.25) is 0 Å². The van der Waals surface area contributed by atoms with Gasteiger partial charge >= 0.3 is 5.97 Å². The van der Waals surface area contributed by atoms with Crippen LogP contribution in [0, 0.1) is 0 Å². The SMILES string of the molecule is CCOc1ccc(C(=O)[C@@H](C)OC(=O)CNC(=O)c2ccc(C(C)(C)C)cc2)cc1. The fourth-order valence-electron chi connectivity index (χ4n) is 2.79. The third-order valence-electron chi connectivity index (χ3n) is 4.53. The highest BCUT2D eigenvalue weighted by molar-refractivity contribution is 6.00. The van der Waals surface area contributed by atoms with Gasteiger partial charge in [-0.3, -0.25) is 14.4 Å². The number of carbonyl (C=O) groups excluding carboxylic acids is 3. The molecule has 0 unspecified atom stereocenters. The number of benzene rings is 2. The third-order valence-corrected chi connectivity index (χ3v) is 4.53. The number of nitrogens with one attached hydrogen (secondary N) is 1. The molecule has 0 aromatic heterocycles. The Morgan fingerprint density at radius 3 is 2.03 bits per heavy atom. The maximum Gasteiger partial charge on any atom is 0.326 e. The van der Waals surface area contributed by atoms with Gasteiger partial charge in [-0.15, -0.1) is 0 Å². The van der Waals surface area contributed by atoms with Crippen LogP contribution in [-0.4, -0.2) is 36.9 Å². The quantitative estimate of drug-likeness (QED) is 0.526. The monoisotopic (exact) mass is 411 g/mol. The number of hydrogen-bond donors (Lipinski definition) is 1. The molecule has 0 radical (unpaired) electrons. The Kier molecular flexibility index (Phi) is 7.75. The van der Waals surface area contributed by atoms with Crippen LogP contribution in [0.3, 0.4) is 0 Å². The van der Waals surface area contributed by atoms with Crippen LogP contribution < -0.4 is 10.1 Å². The summed E-state index contributed by atoms with van der Waals surface area (Å²) in [5, 5.41) is 2.52. The van der Waals surface area contributed by atoms with Gasteiger partial charge in [0.15, 0.2) is 6.10 Å². The Bertz CT molecular complexity index is 879. The molecule has 0 fully saturated rings. The number of Topliss-reactive ketones (excluding diaryl/α,β-unsaturated/α-hetero) is 1. The maximum atomic E-state index is 12.4. The minimum Gasteiger partial charge on any atom is -0.494 e. The molecule has 0 aliphatic carbocycles. The van der Waals surface area contributed by atoms with Crippen molar-refractivity contribution in [3.05, 3.63) is 65.2 Å². The first-order valence-electron chi connectivity index (χ1n) is 9.97. The van der Waals surface area contributed by atoms with Gasteiger partial charge in [0.05, 0.1) is 6.61 Å². The minimum atomic E-state index is -0.960. The molecule has 0 saturated carbocycles. The van der Waals surface area contributed by atoms with Crippen molar-refractivity contribution in [1.29, 1.82) is 0 Å². The molecule has 6 heteroatoms. The normalized spacial score (nSPS) is 12.0. The van der Waals surface area contributed by atoms with Crippen molar-refractivity contribution in [2.24, 2.45) is 0 Å². The van der Waals surface area contributed by atoms with Crippen LogP contribution in [-0.2, 0) is 14.9 Å². The first-order valence-corrected chi connectivity index (χ1v) is 9.97. The van der Waals surface area contributed by atoms with E-state index in [-0.39, 0.29) is 23.7 Å². The minimum absolute atomic E-state index is 0.00909. The molecule has 30 heavy (non-hydrogen) atoms. The number of ether oxygens (including phenoxy) is 2. The topological polar surface area (TPSA) is 81.7 Å². The largest absolute Gasteiger partial charge is 0.494 e. The van der Waals surface area contributed by atoms with Crippen LogP contribution in [0.1, 0.15) is 60.9 Å². The summed E-state index contributed by atoms with van der Waals surface area (Å²) in [6.45, 7) is 9.87. The Balaban J connectivity index is 1.85. The van der Waals surface area contributed by atoms with Gasteiger partial charge in [-0.1, -0.05) is 32.9 Å². The molecule has 1 amide bonds. The molecule has 2 rings (SSSR count). The van der Waals surface area contributed by atoms with Gasteiger partial charge in [0.2, 0.25) is 5.78 Å². The summed E-state index contributed by atoms with van der Waals surface area (Å²) in [6, 6.07) is 13.9. The summed E-state index contributed by atoms with van der Waals surface area (Å²) in [7, 11) is 0. The highest BCUT2D eigenvalue weighted by Crippen LogP contribution is 2.22. The summed E-state index contributed by atoms with van der Waals surface area (Å²) in [5.74, 6) is -0.716. The van der Waals surface area contributed by atoms with E-state index in [0.717, 1.165) is 5.56 Å². The predicted molar refractivity (Wildman–Crippen MR) is 115 cm³/mol. The summed E-state index contributed by atoms with van der Waals surface area (Å²) in [4.78, 5) is 36.7. The molecule has 0 saturated heterocycles. The summed E-state index contributed by atoms with van der Waals surface area (Å²) in [6.07, 6.45) is -0.960. The third kappa shape index (κ3) is 6.44. The van der Waals surface area contributed by atoms with Crippen molar-refractivity contribution >= 4 is 17.7 Å². The Labute approximate surface area is 177 Å². The van der Waals surface area contributed by atoms with E-state index >= 15 is 0 Å². The van der Waals surface area contributed by atoms with Crippen molar-refractivity contribution in [2.45, 2.75) is 46.1 Å². The molecule has 0 aliphatic rings. The molecule has 1 atom stereocenters. The van der Waals surface area contributed by atoms with Gasteiger partial charge < -0.3 is 14.8 Å². The van der Waals surface area contributed by atoms with Gasteiger partial charge in [0.25, 0.3) is 5.91 Å². The highest BCUT2D eigenvalue weighted by atomic mass is 16.5. The van der Waals surface area contributed by atoms with E-state index in [0.29, 0.717) is 23.5 Å². The first-order chi connectivity index (χ1) is 14.1. The zero-order valence-corrected chi connectivity index (χ0v) is 18.2. The Hall–Kier alpha value is -3.15. The number of rotatable bonds is 8. The zero-order valence-electron chi connectivity index (χ0n) is 18.2. The van der Waals surface area contributed by atoms with Crippen LogP contribution in [0.5, 0.6) is 5.75 Å². The van der Waals surface area contributed by atoms with Crippen LogP contribution in [0.4, 0.5) is 0 Å². The smallest absolute Gasteiger partial charge is 0.326 e. The number of amides is 1. The van der Waals surface area contributed by atoms with E-state index in [4.69, 9.17) is 9.47 Å². The fourth-order valence-corrected chi connectivity index (χ4v) is 2.79. The molecule has 0 aliphatic heterocycles. The lowest BCUT2D eigenvalue weighted by Crippen LogP contribution is -2.34. The second-order valence-electron chi connectivity index (χ2n) is 7.96. The molecule has 2 aromatic rings. The van der Waals surface area contributed by atoms with Crippen molar-refractivity contribution in [1.82, 2.24) is 5.32 Å². The van der Waals surface area contributed by atoms with Crippen molar-refractivity contribution < 1.29 is 23.9 Å². The second kappa shape index (κ2) is 10.1. The molecular formula is C24H29NO5. The van der Waals surface area contributed by atoms with Crippen molar-refractivity contribution in [3.63, 3.8) is 0 Å². The van der Waals surface area contributed by atoms with Gasteiger partial charge in [0.1, 0.15) is 12.3 Å². The molecule has 6 nitrogen and oxygen atoms in total. The number of carbonyl (C=O) groups is 3. The average molecular weight is 411 g/mol. The van der Waals surface area contributed by atoms with Crippen LogP contribution >= 0.6 is 0 Å². The molecule has 0 bridgehead atoms. The number of esters is 1. The van der Waals surface area contributed by atoms with Gasteiger partial charge in [-0.2, -0.15) is 0 Å². The Morgan fingerprint density at radius 1 is 0.933 bits per heavy atom. The van der Waals surface area contributed by atoms with Gasteiger partial charge in [0, 0.05) is 11.1 Å². The van der Waals surface area contributed by atoms with Gasteiger partial charge in [-0.25, -0.2) is 0 Å². The van der Waals surface area contributed by atoms with E-state index < -0.39 is 12.1 Å². The molecule has 0 heterocycles. The van der Waals surface area contributed by atoms with E-state index in [1.165, 1.54) is 6.92 Å². The van der Waals surface area contributed by atoms with E-state index in [1.807, 2.05) is 19.1 Å². The van der Waals surface area contributed by atoms with Crippen LogP contribution in [0.15, 0.2) is 48.5 Å². The summed E-state index contributed by atoms with van der Waals surface area (Å²) >= 11 is 0. The standard InChI is InChI=1S/C24H29NO5/c1-6-29-20-13-9-17(10-14-20)22(27)16(2)30-21(26)15-25-23(28)18-7-11-19(12-8-18)24(3,4)5/h7-14,16H,6,15H2,1-5H3,(H,25,28)/t16-/m1/s1. The lowest BCUT2D eigenvalue weighted by Gasteiger charge is -2.19. The summed E-state index contributed by atoms with van der Waals surface area (Å²) < 4.78 is 10.5. The van der Waals surface area contributed by atoms with Gasteiger partial charge in [-0.05, 0) is 61.2 Å². The predicted octanol–water partition coefficient (Wildman–Crippen LogP) is 3.93. The summed E-state index contributed by atoms with van der Waals surface area (Å²) in [5.41, 5.74) is 1.97. The van der Waals surface area contributed by atoms with E-state index in [1.54, 1.807) is 36.4 Å². The molecule has 2 aromatic carbocycles. The molecule has 0 spiro atoms. The van der Waals surface area contributed by atoms with Crippen LogP contribution in [0.25, 0.3) is 0 Å². The number of hydrogen-bond acceptors (Lipinski definition) is 5. The van der Waals surface area contributed by atoms with E-state index in [9.17, 15) is 14.4 Å². The van der Waals surface area contributed by atoms with E-state index in [2.05, 4.69) is 26.1 Å². The first kappa shape index (κ1) is 23.1. The lowest BCUT2D eigenvalue weighted by molar-refractivity contribution is -0.145. The Morgan fingerprint density at radius 2 is 1.50 bits per heavy atom. The lowest BCUT2D eigenvalue weighted by atomic mass is 9.87. The zero-order chi connectivity index (χ0) is 22.3.